The summed E-state index contributed by atoms with van der Waals surface area (Å²) in [4.78, 5) is 16.1. The third-order valence-corrected chi connectivity index (χ3v) is 5.68. The van der Waals surface area contributed by atoms with Crippen LogP contribution in [0.3, 0.4) is 0 Å². The summed E-state index contributed by atoms with van der Waals surface area (Å²) in [5, 5.41) is 13.5. The number of thiazole rings is 1. The van der Waals surface area contributed by atoms with Gasteiger partial charge in [0.05, 0.1) is 5.69 Å². The monoisotopic (exact) mass is 412 g/mol. The molecule has 0 radical (unpaired) electrons. The Kier molecular flexibility index (Phi) is 5.98. The van der Waals surface area contributed by atoms with Gasteiger partial charge in [0, 0.05) is 11.9 Å². The van der Waals surface area contributed by atoms with Crippen LogP contribution < -0.4 is 10.6 Å². The van der Waals surface area contributed by atoms with E-state index in [1.807, 2.05) is 0 Å². The summed E-state index contributed by atoms with van der Waals surface area (Å²) in [6.45, 7) is 0.139. The second kappa shape index (κ2) is 8.40. The van der Waals surface area contributed by atoms with Gasteiger partial charge in [0.2, 0.25) is 0 Å². The van der Waals surface area contributed by atoms with E-state index < -0.39 is 22.4 Å². The first-order chi connectivity index (χ1) is 12.5. The van der Waals surface area contributed by atoms with Gasteiger partial charge in [-0.05, 0) is 28.8 Å². The van der Waals surface area contributed by atoms with Crippen LogP contribution in [0.2, 0.25) is 0 Å². The number of carbonyl (C=O) groups excluding carboxylic acids is 1. The molecule has 2 amide bonds. The van der Waals surface area contributed by atoms with Crippen LogP contribution in [-0.2, 0) is 17.6 Å². The molecule has 2 heterocycles. The van der Waals surface area contributed by atoms with E-state index in [4.69, 9.17) is 0 Å². The minimum absolute atomic E-state index is 0.139. The highest BCUT2D eigenvalue weighted by Crippen LogP contribution is 2.30. The lowest BCUT2D eigenvalue weighted by molar-refractivity contribution is 0.251. The molecule has 0 fully saturated rings. The molecule has 0 bridgehead atoms. The number of nitrogens with zero attached hydrogens (tertiary/aromatic N) is 3. The minimum Gasteiger partial charge on any atom is -0.772 e. The van der Waals surface area contributed by atoms with Crippen LogP contribution in [0, 0.1) is 5.82 Å². The van der Waals surface area contributed by atoms with Crippen molar-refractivity contribution in [1.29, 1.82) is 0 Å². The zero-order chi connectivity index (χ0) is 18.5. The standard InChI is InChI=1S/C14H12FN5O3S3/c15-9-3-1-2-8(4-9)5-16-13(21)19-14-18-10(6-24-14)11(26(22)23)12-20-17-7-25-12/h1-4,6-7,11H,5H2,(H,22,23)(H2,16,18,19,21)/p-1. The second-order valence-electron chi connectivity index (χ2n) is 4.93. The summed E-state index contributed by atoms with van der Waals surface area (Å²) >= 11 is -0.287. The number of halogens is 1. The number of hydrogen-bond acceptors (Lipinski definition) is 8. The van der Waals surface area contributed by atoms with Gasteiger partial charge in [0.25, 0.3) is 0 Å². The van der Waals surface area contributed by atoms with Crippen molar-refractivity contribution >= 4 is 44.9 Å². The van der Waals surface area contributed by atoms with Gasteiger partial charge in [-0.15, -0.1) is 32.9 Å². The highest BCUT2D eigenvalue weighted by molar-refractivity contribution is 7.79. The third-order valence-electron chi connectivity index (χ3n) is 3.15. The van der Waals surface area contributed by atoms with Crippen molar-refractivity contribution in [2.75, 3.05) is 5.32 Å². The van der Waals surface area contributed by atoms with Gasteiger partial charge < -0.3 is 9.87 Å². The summed E-state index contributed by atoms with van der Waals surface area (Å²) in [7, 11) is 0. The minimum atomic E-state index is -2.48. The Morgan fingerprint density at radius 1 is 1.38 bits per heavy atom. The van der Waals surface area contributed by atoms with Gasteiger partial charge in [-0.25, -0.2) is 14.2 Å². The number of anilines is 1. The number of aromatic nitrogens is 3. The number of carbonyl (C=O) groups is 1. The molecule has 0 spiro atoms. The van der Waals surface area contributed by atoms with E-state index in [1.165, 1.54) is 23.0 Å². The smallest absolute Gasteiger partial charge is 0.321 e. The molecule has 2 atom stereocenters. The maximum absolute atomic E-state index is 13.1. The summed E-state index contributed by atoms with van der Waals surface area (Å²) in [5.41, 5.74) is 2.29. The average Bonchev–Trinajstić information content (AvgIpc) is 3.26. The lowest BCUT2D eigenvalue weighted by Gasteiger charge is -2.14. The normalized spacial score (nSPS) is 13.2. The molecule has 26 heavy (non-hydrogen) atoms. The molecule has 2 N–H and O–H groups in total. The van der Waals surface area contributed by atoms with Gasteiger partial charge >= 0.3 is 6.03 Å². The van der Waals surface area contributed by atoms with Crippen LogP contribution in [0.15, 0.2) is 35.2 Å². The topological polar surface area (TPSA) is 120 Å². The van der Waals surface area contributed by atoms with Gasteiger partial charge in [-0.2, -0.15) is 0 Å². The van der Waals surface area contributed by atoms with Gasteiger partial charge in [-0.1, -0.05) is 12.1 Å². The third kappa shape index (κ3) is 4.66. The molecule has 0 saturated carbocycles. The Morgan fingerprint density at radius 3 is 2.92 bits per heavy atom. The van der Waals surface area contributed by atoms with E-state index in [9.17, 15) is 17.9 Å². The number of hydrogen-bond donors (Lipinski definition) is 2. The van der Waals surface area contributed by atoms with Gasteiger partial charge in [0.1, 0.15) is 21.6 Å². The fourth-order valence-corrected chi connectivity index (χ4v) is 4.33. The molecule has 12 heteroatoms. The molecule has 1 aromatic carbocycles. The van der Waals surface area contributed by atoms with E-state index in [0.29, 0.717) is 10.6 Å². The summed E-state index contributed by atoms with van der Waals surface area (Å²) in [6.07, 6.45) is 0. The predicted octanol–water partition coefficient (Wildman–Crippen LogP) is 2.42. The van der Waals surface area contributed by atoms with Crippen molar-refractivity contribution in [3.63, 3.8) is 0 Å². The highest BCUT2D eigenvalue weighted by Gasteiger charge is 2.22. The van der Waals surface area contributed by atoms with Crippen LogP contribution in [0.4, 0.5) is 14.3 Å². The molecule has 3 aromatic rings. The number of nitrogens with one attached hydrogen (secondary N) is 2. The zero-order valence-electron chi connectivity index (χ0n) is 12.9. The van der Waals surface area contributed by atoms with Crippen LogP contribution in [-0.4, -0.2) is 30.0 Å². The quantitative estimate of drug-likeness (QED) is 0.600. The van der Waals surface area contributed by atoms with Crippen LogP contribution in [0.5, 0.6) is 0 Å². The Bertz CT molecular complexity index is 918. The summed E-state index contributed by atoms with van der Waals surface area (Å²) in [5.74, 6) is -0.386. The SMILES string of the molecule is O=C(NCc1cccc(F)c1)Nc1nc(C(c2nncs2)S(=O)[O-])cs1. The van der Waals surface area contributed by atoms with E-state index >= 15 is 0 Å². The molecule has 2 aromatic heterocycles. The molecular formula is C14H11FN5O3S3-. The Hall–Kier alpha value is -2.28. The molecule has 0 aliphatic heterocycles. The summed E-state index contributed by atoms with van der Waals surface area (Å²) in [6, 6.07) is 5.33. The van der Waals surface area contributed by atoms with Crippen molar-refractivity contribution in [2.24, 2.45) is 0 Å². The Morgan fingerprint density at radius 2 is 2.23 bits per heavy atom. The molecule has 0 saturated heterocycles. The largest absolute Gasteiger partial charge is 0.772 e. The highest BCUT2D eigenvalue weighted by atomic mass is 32.2. The molecule has 8 nitrogen and oxygen atoms in total. The van der Waals surface area contributed by atoms with Crippen LogP contribution in [0.1, 0.15) is 21.5 Å². The fraction of sp³-hybridized carbons (Fsp3) is 0.143. The number of urea groups is 1. The Balaban J connectivity index is 1.62. The lowest BCUT2D eigenvalue weighted by atomic mass is 10.2. The zero-order valence-corrected chi connectivity index (χ0v) is 15.4. The second-order valence-corrected chi connectivity index (χ2v) is 7.65. The fourth-order valence-electron chi connectivity index (χ4n) is 2.04. The molecule has 2 unspecified atom stereocenters. The summed E-state index contributed by atoms with van der Waals surface area (Å²) < 4.78 is 36.1. The van der Waals surface area contributed by atoms with Crippen LogP contribution >= 0.6 is 22.7 Å². The first kappa shape index (κ1) is 18.5. The van der Waals surface area contributed by atoms with Gasteiger partial charge in [-0.3, -0.25) is 9.53 Å². The predicted molar refractivity (Wildman–Crippen MR) is 95.0 cm³/mol. The molecule has 136 valence electrons. The number of rotatable bonds is 6. The maximum Gasteiger partial charge on any atom is 0.321 e. The molecular weight excluding hydrogens is 401 g/mol. The van der Waals surface area contributed by atoms with E-state index in [-0.39, 0.29) is 23.2 Å². The van der Waals surface area contributed by atoms with Crippen molar-refractivity contribution in [2.45, 2.75) is 11.8 Å². The van der Waals surface area contributed by atoms with Crippen molar-refractivity contribution < 1.29 is 17.9 Å². The Labute approximate surface area is 157 Å². The molecule has 3 rings (SSSR count). The van der Waals surface area contributed by atoms with Crippen molar-refractivity contribution in [3.05, 3.63) is 57.2 Å². The number of benzene rings is 1. The van der Waals surface area contributed by atoms with Gasteiger partial charge in [0.15, 0.2) is 5.13 Å². The van der Waals surface area contributed by atoms with Crippen molar-refractivity contribution in [3.8, 4) is 0 Å². The van der Waals surface area contributed by atoms with E-state index in [2.05, 4.69) is 25.8 Å². The molecule has 0 aliphatic rings. The van der Waals surface area contributed by atoms with E-state index in [0.717, 1.165) is 22.7 Å². The molecule has 0 aliphatic carbocycles. The number of amides is 2. The lowest BCUT2D eigenvalue weighted by Crippen LogP contribution is -2.28. The van der Waals surface area contributed by atoms with Crippen molar-refractivity contribution in [1.82, 2.24) is 20.5 Å². The maximum atomic E-state index is 13.1. The van der Waals surface area contributed by atoms with Crippen LogP contribution in [0.25, 0.3) is 0 Å². The first-order valence-electron chi connectivity index (χ1n) is 7.12. The average molecular weight is 412 g/mol. The first-order valence-corrected chi connectivity index (χ1v) is 10.0. The van der Waals surface area contributed by atoms with E-state index in [1.54, 1.807) is 12.1 Å².